The smallest absolute Gasteiger partial charge is 0.234 e. The Bertz CT molecular complexity index is 805. The molecule has 1 aliphatic carbocycles. The highest BCUT2D eigenvalue weighted by atomic mass is 32.2. The van der Waals surface area contributed by atoms with E-state index in [2.05, 4.69) is 20.1 Å². The predicted molar refractivity (Wildman–Crippen MR) is 106 cm³/mol. The summed E-state index contributed by atoms with van der Waals surface area (Å²) in [6.45, 7) is 5.65. The quantitative estimate of drug-likeness (QED) is 0.735. The van der Waals surface area contributed by atoms with Crippen LogP contribution in [0.15, 0.2) is 23.4 Å². The van der Waals surface area contributed by atoms with E-state index in [4.69, 9.17) is 4.74 Å². The molecule has 2 fully saturated rings. The molecule has 1 aliphatic heterocycles. The number of benzene rings is 1. The average molecular weight is 387 g/mol. The van der Waals surface area contributed by atoms with Crippen LogP contribution in [0.4, 0.5) is 5.69 Å². The number of carbonyl (C=O) groups excluding carboxylic acids is 1. The SMILES string of the molecule is Cc1cccc(C)c1NC(=O)CSc1nnc(C2CC2)n1CC1CCCO1. The molecule has 2 aromatic rings. The van der Waals surface area contributed by atoms with E-state index in [1.165, 1.54) is 24.6 Å². The number of nitrogens with one attached hydrogen (secondary N) is 1. The van der Waals surface area contributed by atoms with Crippen LogP contribution < -0.4 is 5.32 Å². The van der Waals surface area contributed by atoms with Gasteiger partial charge in [0.2, 0.25) is 5.91 Å². The summed E-state index contributed by atoms with van der Waals surface area (Å²) < 4.78 is 7.99. The number of aromatic nitrogens is 3. The summed E-state index contributed by atoms with van der Waals surface area (Å²) in [5.41, 5.74) is 3.06. The van der Waals surface area contributed by atoms with E-state index in [1.807, 2.05) is 32.0 Å². The standard InChI is InChI=1S/C20H26N4O2S/c1-13-5-3-6-14(2)18(13)21-17(25)12-27-20-23-22-19(15-8-9-15)24(20)11-16-7-4-10-26-16/h3,5-6,15-16H,4,7-12H2,1-2H3,(H,21,25). The maximum Gasteiger partial charge on any atom is 0.234 e. The van der Waals surface area contributed by atoms with Gasteiger partial charge in [0.1, 0.15) is 5.82 Å². The summed E-state index contributed by atoms with van der Waals surface area (Å²) in [6.07, 6.45) is 4.80. The average Bonchev–Trinajstić information content (AvgIpc) is 3.21. The van der Waals surface area contributed by atoms with Gasteiger partial charge in [0.25, 0.3) is 0 Å². The van der Waals surface area contributed by atoms with Crippen LogP contribution in [0.1, 0.15) is 48.6 Å². The van der Waals surface area contributed by atoms with Gasteiger partial charge in [-0.3, -0.25) is 4.79 Å². The molecule has 27 heavy (non-hydrogen) atoms. The number of thioether (sulfide) groups is 1. The maximum atomic E-state index is 12.5. The van der Waals surface area contributed by atoms with Crippen molar-refractivity contribution in [3.05, 3.63) is 35.2 Å². The zero-order chi connectivity index (χ0) is 18.8. The van der Waals surface area contributed by atoms with Crippen molar-refractivity contribution in [3.8, 4) is 0 Å². The van der Waals surface area contributed by atoms with Crippen LogP contribution >= 0.6 is 11.8 Å². The fourth-order valence-electron chi connectivity index (χ4n) is 3.53. The van der Waals surface area contributed by atoms with Crippen molar-refractivity contribution in [2.75, 3.05) is 17.7 Å². The normalized spacial score (nSPS) is 19.4. The number of carbonyl (C=O) groups is 1. The summed E-state index contributed by atoms with van der Waals surface area (Å²) in [5, 5.41) is 12.7. The van der Waals surface area contributed by atoms with Gasteiger partial charge in [-0.25, -0.2) is 0 Å². The van der Waals surface area contributed by atoms with Crippen LogP contribution in [0, 0.1) is 13.8 Å². The summed E-state index contributed by atoms with van der Waals surface area (Å²) in [7, 11) is 0. The Hall–Kier alpha value is -1.86. The van der Waals surface area contributed by atoms with Gasteiger partial charge in [0, 0.05) is 18.2 Å². The number of para-hydroxylation sites is 1. The Labute approximate surface area is 164 Å². The Morgan fingerprint density at radius 3 is 2.70 bits per heavy atom. The van der Waals surface area contributed by atoms with Crippen molar-refractivity contribution in [2.45, 2.75) is 63.3 Å². The lowest BCUT2D eigenvalue weighted by Crippen LogP contribution is -2.19. The number of nitrogens with zero attached hydrogens (tertiary/aromatic N) is 3. The molecule has 4 rings (SSSR count). The fourth-order valence-corrected chi connectivity index (χ4v) is 4.29. The van der Waals surface area contributed by atoms with Crippen molar-refractivity contribution in [3.63, 3.8) is 0 Å². The third-order valence-electron chi connectivity index (χ3n) is 5.18. The molecule has 1 unspecified atom stereocenters. The lowest BCUT2D eigenvalue weighted by Gasteiger charge is -2.15. The van der Waals surface area contributed by atoms with E-state index < -0.39 is 0 Å². The molecule has 6 nitrogen and oxygen atoms in total. The molecule has 2 heterocycles. The minimum Gasteiger partial charge on any atom is -0.376 e. The first-order chi connectivity index (χ1) is 13.1. The summed E-state index contributed by atoms with van der Waals surface area (Å²) in [4.78, 5) is 12.5. The topological polar surface area (TPSA) is 69.0 Å². The van der Waals surface area contributed by atoms with Crippen LogP contribution in [-0.2, 0) is 16.1 Å². The fraction of sp³-hybridized carbons (Fsp3) is 0.550. The number of anilines is 1. The van der Waals surface area contributed by atoms with Gasteiger partial charge in [-0.2, -0.15) is 0 Å². The van der Waals surface area contributed by atoms with Crippen LogP contribution in [-0.4, -0.2) is 39.1 Å². The maximum absolute atomic E-state index is 12.5. The molecule has 144 valence electrons. The number of ether oxygens (including phenoxy) is 1. The van der Waals surface area contributed by atoms with E-state index in [0.29, 0.717) is 11.7 Å². The number of hydrogen-bond acceptors (Lipinski definition) is 5. The molecule has 1 saturated heterocycles. The molecule has 0 spiro atoms. The minimum atomic E-state index is -0.0166. The van der Waals surface area contributed by atoms with Gasteiger partial charge in [-0.15, -0.1) is 10.2 Å². The molecule has 0 radical (unpaired) electrons. The first kappa shape index (κ1) is 18.5. The molecule has 1 atom stereocenters. The summed E-state index contributed by atoms with van der Waals surface area (Å²) in [6, 6.07) is 6.02. The highest BCUT2D eigenvalue weighted by Crippen LogP contribution is 2.40. The highest BCUT2D eigenvalue weighted by molar-refractivity contribution is 7.99. The highest BCUT2D eigenvalue weighted by Gasteiger charge is 2.32. The van der Waals surface area contributed by atoms with Gasteiger partial charge in [0.15, 0.2) is 5.16 Å². The van der Waals surface area contributed by atoms with E-state index in [-0.39, 0.29) is 12.0 Å². The lowest BCUT2D eigenvalue weighted by atomic mass is 10.1. The van der Waals surface area contributed by atoms with E-state index in [0.717, 1.165) is 53.8 Å². The molecule has 1 aromatic heterocycles. The third kappa shape index (κ3) is 4.35. The number of amides is 1. The predicted octanol–water partition coefficient (Wildman–Crippen LogP) is 3.68. The van der Waals surface area contributed by atoms with Crippen LogP contribution in [0.25, 0.3) is 0 Å². The first-order valence-electron chi connectivity index (χ1n) is 9.65. The van der Waals surface area contributed by atoms with E-state index in [9.17, 15) is 4.79 Å². The second-order valence-corrected chi connectivity index (χ2v) is 8.41. The van der Waals surface area contributed by atoms with Gasteiger partial charge in [0.05, 0.1) is 18.4 Å². The zero-order valence-corrected chi connectivity index (χ0v) is 16.7. The van der Waals surface area contributed by atoms with E-state index in [1.54, 1.807) is 0 Å². The monoisotopic (exact) mass is 386 g/mol. The van der Waals surface area contributed by atoms with Crippen LogP contribution in [0.3, 0.4) is 0 Å². The Kier molecular flexibility index (Phi) is 5.50. The van der Waals surface area contributed by atoms with Gasteiger partial charge < -0.3 is 14.6 Å². The molecule has 1 N–H and O–H groups in total. The zero-order valence-electron chi connectivity index (χ0n) is 15.9. The summed E-state index contributed by atoms with van der Waals surface area (Å²) in [5.74, 6) is 1.89. The molecule has 1 aromatic carbocycles. The van der Waals surface area contributed by atoms with Crippen molar-refractivity contribution in [1.29, 1.82) is 0 Å². The second-order valence-electron chi connectivity index (χ2n) is 7.46. The van der Waals surface area contributed by atoms with Crippen LogP contribution in [0.2, 0.25) is 0 Å². The molecule has 0 bridgehead atoms. The number of rotatable bonds is 7. The van der Waals surface area contributed by atoms with Crippen molar-refractivity contribution >= 4 is 23.4 Å². The molecular formula is C20H26N4O2S. The molecule has 1 saturated carbocycles. The molecule has 7 heteroatoms. The molecular weight excluding hydrogens is 360 g/mol. The number of hydrogen-bond donors (Lipinski definition) is 1. The molecule has 1 amide bonds. The van der Waals surface area contributed by atoms with Crippen molar-refractivity contribution in [2.24, 2.45) is 0 Å². The first-order valence-corrected chi connectivity index (χ1v) is 10.6. The van der Waals surface area contributed by atoms with Crippen molar-refractivity contribution in [1.82, 2.24) is 14.8 Å². The minimum absolute atomic E-state index is 0.0166. The van der Waals surface area contributed by atoms with Crippen molar-refractivity contribution < 1.29 is 9.53 Å². The Morgan fingerprint density at radius 1 is 1.26 bits per heavy atom. The largest absolute Gasteiger partial charge is 0.376 e. The Morgan fingerprint density at radius 2 is 2.04 bits per heavy atom. The second kappa shape index (κ2) is 8.02. The van der Waals surface area contributed by atoms with Gasteiger partial charge in [-0.1, -0.05) is 30.0 Å². The van der Waals surface area contributed by atoms with Gasteiger partial charge >= 0.3 is 0 Å². The molecule has 2 aliphatic rings. The summed E-state index contributed by atoms with van der Waals surface area (Å²) >= 11 is 1.46. The van der Waals surface area contributed by atoms with Gasteiger partial charge in [-0.05, 0) is 50.7 Å². The number of aryl methyl sites for hydroxylation is 2. The third-order valence-corrected chi connectivity index (χ3v) is 6.14. The lowest BCUT2D eigenvalue weighted by molar-refractivity contribution is -0.113. The van der Waals surface area contributed by atoms with E-state index >= 15 is 0 Å². The Balaban J connectivity index is 1.42. The van der Waals surface area contributed by atoms with Crippen LogP contribution in [0.5, 0.6) is 0 Å².